The third-order valence-corrected chi connectivity index (χ3v) is 2.72. The Morgan fingerprint density at radius 2 is 1.64 bits per heavy atom. The molecule has 0 unspecified atom stereocenters. The van der Waals surface area contributed by atoms with Crippen molar-refractivity contribution in [2.75, 3.05) is 6.26 Å². The van der Waals surface area contributed by atoms with E-state index in [0.717, 1.165) is 0 Å². The maximum Gasteiger partial charge on any atom is 0.00693 e. The minimum absolute atomic E-state index is 1.23. The van der Waals surface area contributed by atoms with Crippen LogP contribution in [0.2, 0.25) is 0 Å². The van der Waals surface area contributed by atoms with Gasteiger partial charge in [-0.1, -0.05) is 39.3 Å². The number of thioether (sulfide) groups is 1. The van der Waals surface area contributed by atoms with Crippen molar-refractivity contribution in [2.24, 2.45) is 0 Å². The van der Waals surface area contributed by atoms with Crippen molar-refractivity contribution >= 4 is 11.8 Å². The zero-order valence-electron chi connectivity index (χ0n) is 9.84. The van der Waals surface area contributed by atoms with Crippen LogP contribution >= 0.6 is 11.8 Å². The molecule has 0 aliphatic carbocycles. The van der Waals surface area contributed by atoms with Crippen molar-refractivity contribution < 1.29 is 0 Å². The minimum atomic E-state index is 1.23. The van der Waals surface area contributed by atoms with Gasteiger partial charge in [-0.25, -0.2) is 0 Å². The van der Waals surface area contributed by atoms with Gasteiger partial charge in [-0.05, 0) is 36.8 Å². The summed E-state index contributed by atoms with van der Waals surface area (Å²) >= 11 is 1.80. The Labute approximate surface area is 93.1 Å². The Balaban J connectivity index is 0.000000791. The van der Waals surface area contributed by atoms with Crippen LogP contribution in [0.4, 0.5) is 0 Å². The molecule has 80 valence electrons. The van der Waals surface area contributed by atoms with Gasteiger partial charge in [0.2, 0.25) is 0 Å². The average molecular weight is 210 g/mol. The van der Waals surface area contributed by atoms with E-state index in [1.54, 1.807) is 11.8 Å². The van der Waals surface area contributed by atoms with Gasteiger partial charge in [-0.2, -0.15) is 0 Å². The zero-order valence-corrected chi connectivity index (χ0v) is 10.7. The highest BCUT2D eigenvalue weighted by Gasteiger charge is 1.92. The maximum atomic E-state index is 2.24. The molecule has 0 heterocycles. The third kappa shape index (κ3) is 5.33. The molecule has 0 bridgehead atoms. The molecule has 0 saturated heterocycles. The molecule has 1 aromatic rings. The second-order valence-corrected chi connectivity index (χ2v) is 3.83. The molecular formula is C13H22S. The predicted molar refractivity (Wildman–Crippen MR) is 68.2 cm³/mol. The topological polar surface area (TPSA) is 0 Å². The number of unbranched alkanes of at least 4 members (excludes halogenated alkanes) is 1. The molecular weight excluding hydrogens is 188 g/mol. The van der Waals surface area contributed by atoms with Crippen LogP contribution in [0.25, 0.3) is 0 Å². The van der Waals surface area contributed by atoms with Gasteiger partial charge in [0.05, 0.1) is 0 Å². The molecule has 0 fully saturated rings. The number of hydrogen-bond acceptors (Lipinski definition) is 1. The van der Waals surface area contributed by atoms with Gasteiger partial charge in [0, 0.05) is 4.90 Å². The lowest BCUT2D eigenvalue weighted by Gasteiger charge is -2.00. The maximum absolute atomic E-state index is 2.24. The van der Waals surface area contributed by atoms with E-state index in [1.807, 2.05) is 13.8 Å². The smallest absolute Gasteiger partial charge is 0.00693 e. The number of aryl methyl sites for hydroxylation is 1. The fourth-order valence-corrected chi connectivity index (χ4v) is 1.58. The second kappa shape index (κ2) is 9.14. The van der Waals surface area contributed by atoms with Gasteiger partial charge in [-0.3, -0.25) is 0 Å². The Bertz CT molecular complexity index is 213. The SMILES string of the molecule is CC.CCCCc1ccc(SC)cc1. The highest BCUT2D eigenvalue weighted by molar-refractivity contribution is 7.98. The summed E-state index contributed by atoms with van der Waals surface area (Å²) in [6.07, 6.45) is 5.93. The lowest BCUT2D eigenvalue weighted by molar-refractivity contribution is 0.794. The molecule has 1 aromatic carbocycles. The van der Waals surface area contributed by atoms with Gasteiger partial charge < -0.3 is 0 Å². The number of rotatable bonds is 4. The fraction of sp³-hybridized carbons (Fsp3) is 0.538. The molecule has 0 aliphatic heterocycles. The van der Waals surface area contributed by atoms with E-state index >= 15 is 0 Å². The molecule has 1 rings (SSSR count). The Morgan fingerprint density at radius 3 is 2.07 bits per heavy atom. The van der Waals surface area contributed by atoms with Gasteiger partial charge in [0.15, 0.2) is 0 Å². The van der Waals surface area contributed by atoms with E-state index in [1.165, 1.54) is 29.7 Å². The Kier molecular flexibility index (Phi) is 8.86. The number of benzene rings is 1. The van der Waals surface area contributed by atoms with Crippen molar-refractivity contribution in [3.05, 3.63) is 29.8 Å². The largest absolute Gasteiger partial charge is 0.130 e. The fourth-order valence-electron chi connectivity index (χ4n) is 1.17. The van der Waals surface area contributed by atoms with Crippen LogP contribution in [0.15, 0.2) is 29.2 Å². The van der Waals surface area contributed by atoms with Crippen LogP contribution in [0, 0.1) is 0 Å². The van der Waals surface area contributed by atoms with Crippen LogP contribution in [0.5, 0.6) is 0 Å². The summed E-state index contributed by atoms with van der Waals surface area (Å²) in [5, 5.41) is 0. The summed E-state index contributed by atoms with van der Waals surface area (Å²) in [5.74, 6) is 0. The van der Waals surface area contributed by atoms with Gasteiger partial charge >= 0.3 is 0 Å². The quantitative estimate of drug-likeness (QED) is 0.645. The first-order valence-electron chi connectivity index (χ1n) is 5.49. The van der Waals surface area contributed by atoms with E-state index in [0.29, 0.717) is 0 Å². The lowest BCUT2D eigenvalue weighted by Crippen LogP contribution is -1.83. The highest BCUT2D eigenvalue weighted by atomic mass is 32.2. The van der Waals surface area contributed by atoms with Gasteiger partial charge in [-0.15, -0.1) is 11.8 Å². The molecule has 14 heavy (non-hydrogen) atoms. The first-order chi connectivity index (χ1) is 6.86. The molecule has 1 heteroatoms. The van der Waals surface area contributed by atoms with Crippen LogP contribution in [0.1, 0.15) is 39.2 Å². The summed E-state index contributed by atoms with van der Waals surface area (Å²) in [7, 11) is 0. The van der Waals surface area contributed by atoms with Crippen molar-refractivity contribution in [1.82, 2.24) is 0 Å². The normalized spacial score (nSPS) is 9.14. The van der Waals surface area contributed by atoms with E-state index in [-0.39, 0.29) is 0 Å². The summed E-state index contributed by atoms with van der Waals surface area (Å²) in [6.45, 7) is 6.23. The number of hydrogen-bond donors (Lipinski definition) is 0. The van der Waals surface area contributed by atoms with E-state index < -0.39 is 0 Å². The minimum Gasteiger partial charge on any atom is -0.130 e. The first kappa shape index (κ1) is 13.6. The molecule has 0 aliphatic rings. The first-order valence-corrected chi connectivity index (χ1v) is 6.72. The summed E-state index contributed by atoms with van der Waals surface area (Å²) in [6, 6.07) is 8.88. The molecule has 0 N–H and O–H groups in total. The molecule has 0 aromatic heterocycles. The van der Waals surface area contributed by atoms with Crippen molar-refractivity contribution in [2.45, 2.75) is 44.9 Å². The van der Waals surface area contributed by atoms with Crippen molar-refractivity contribution in [3.63, 3.8) is 0 Å². The van der Waals surface area contributed by atoms with Crippen LogP contribution in [-0.4, -0.2) is 6.26 Å². The second-order valence-electron chi connectivity index (χ2n) is 2.95. The molecule has 0 spiro atoms. The summed E-state index contributed by atoms with van der Waals surface area (Å²) in [4.78, 5) is 1.36. The van der Waals surface area contributed by atoms with Crippen molar-refractivity contribution in [1.29, 1.82) is 0 Å². The zero-order chi connectivity index (χ0) is 10.8. The lowest BCUT2D eigenvalue weighted by atomic mass is 10.1. The molecule has 0 radical (unpaired) electrons. The molecule has 0 nitrogen and oxygen atoms in total. The third-order valence-electron chi connectivity index (χ3n) is 1.98. The standard InChI is InChI=1S/C11H16S.C2H6/c1-3-4-5-10-6-8-11(12-2)9-7-10;1-2/h6-9H,3-5H2,1-2H3;1-2H3. The Morgan fingerprint density at radius 1 is 1.07 bits per heavy atom. The van der Waals surface area contributed by atoms with Crippen LogP contribution < -0.4 is 0 Å². The molecule has 0 amide bonds. The predicted octanol–water partition coefficient (Wildman–Crippen LogP) is 4.78. The van der Waals surface area contributed by atoms with E-state index in [9.17, 15) is 0 Å². The summed E-state index contributed by atoms with van der Waals surface area (Å²) in [5.41, 5.74) is 1.47. The van der Waals surface area contributed by atoms with Crippen molar-refractivity contribution in [3.8, 4) is 0 Å². The Hall–Kier alpha value is -0.430. The highest BCUT2D eigenvalue weighted by Crippen LogP contribution is 2.15. The molecule has 0 saturated carbocycles. The van der Waals surface area contributed by atoms with Crippen LogP contribution in [0.3, 0.4) is 0 Å². The van der Waals surface area contributed by atoms with E-state index in [2.05, 4.69) is 37.4 Å². The average Bonchev–Trinajstić information content (AvgIpc) is 2.30. The monoisotopic (exact) mass is 210 g/mol. The van der Waals surface area contributed by atoms with Gasteiger partial charge in [0.25, 0.3) is 0 Å². The summed E-state index contributed by atoms with van der Waals surface area (Å²) < 4.78 is 0. The van der Waals surface area contributed by atoms with E-state index in [4.69, 9.17) is 0 Å². The van der Waals surface area contributed by atoms with Crippen LogP contribution in [-0.2, 0) is 6.42 Å². The molecule has 0 atom stereocenters. The van der Waals surface area contributed by atoms with Gasteiger partial charge in [0.1, 0.15) is 0 Å².